The molecule has 0 bridgehead atoms. The molecule has 0 unspecified atom stereocenters. The third kappa shape index (κ3) is 2.93. The molecule has 0 heterocycles. The van der Waals surface area contributed by atoms with Crippen molar-refractivity contribution in [1.29, 1.82) is 0 Å². The van der Waals surface area contributed by atoms with Crippen molar-refractivity contribution in [3.8, 4) is 0 Å². The van der Waals surface area contributed by atoms with Crippen molar-refractivity contribution >= 4 is 18.4 Å². The fourth-order valence-corrected chi connectivity index (χ4v) is 10.5. The number of fused-ring (bicyclic) bond motifs is 3. The second kappa shape index (κ2) is 7.95. The van der Waals surface area contributed by atoms with E-state index >= 15 is 0 Å². The first-order valence-electron chi connectivity index (χ1n) is 10.8. The zero-order valence-electron chi connectivity index (χ0n) is 17.2. The van der Waals surface area contributed by atoms with Gasteiger partial charge in [0.2, 0.25) is 0 Å². The molecule has 4 aliphatic carbocycles. The monoisotopic (exact) mass is 410 g/mol. The molecule has 146 valence electrons. The van der Waals surface area contributed by atoms with Crippen LogP contribution in [0.25, 0.3) is 0 Å². The standard InChI is InChI=1S/C30H22Si/c1-3-13-23(14-4-1)31(25-17-7-8-18-25,24-15-5-2-6-16-24)30-28-21-11-9-19-26(28)27-20-10-12-22-29(27)30/h1-22H. The van der Waals surface area contributed by atoms with E-state index in [0.29, 0.717) is 0 Å². The lowest BCUT2D eigenvalue weighted by Crippen LogP contribution is -2.68. The summed E-state index contributed by atoms with van der Waals surface area (Å²) in [6, 6.07) is 22.4. The number of allylic oxidation sites excluding steroid dienone is 8. The Morgan fingerprint density at radius 3 is 1.32 bits per heavy atom. The molecule has 0 saturated heterocycles. The molecule has 0 N–H and O–H groups in total. The number of rotatable bonds is 4. The number of benzene rings is 2. The fourth-order valence-electron chi connectivity index (χ4n) is 5.35. The van der Waals surface area contributed by atoms with E-state index in [1.807, 2.05) is 0 Å². The Morgan fingerprint density at radius 2 is 0.871 bits per heavy atom. The highest BCUT2D eigenvalue weighted by atomic mass is 28.3. The minimum Gasteiger partial charge on any atom is -0.0761 e. The van der Waals surface area contributed by atoms with Gasteiger partial charge in [-0.05, 0) is 31.2 Å². The van der Waals surface area contributed by atoms with Crippen molar-refractivity contribution in [3.05, 3.63) is 170 Å². The Hall–Kier alpha value is -2.38. The second-order valence-corrected chi connectivity index (χ2v) is 11.9. The van der Waals surface area contributed by atoms with Gasteiger partial charge in [-0.15, -0.1) is 0 Å². The molecule has 0 aromatic heterocycles. The summed E-state index contributed by atoms with van der Waals surface area (Å²) in [6.45, 7) is 0. The van der Waals surface area contributed by atoms with E-state index in [-0.39, 0.29) is 0 Å². The van der Waals surface area contributed by atoms with Gasteiger partial charge in [0.05, 0.1) is 0 Å². The highest BCUT2D eigenvalue weighted by Crippen LogP contribution is 2.61. The zero-order valence-corrected chi connectivity index (χ0v) is 18.2. The molecular formula is C30H22Si. The van der Waals surface area contributed by atoms with Crippen molar-refractivity contribution in [3.63, 3.8) is 0 Å². The maximum Gasteiger partial charge on any atom is 0.133 e. The maximum atomic E-state index is 2.34. The van der Waals surface area contributed by atoms with Gasteiger partial charge in [-0.2, -0.15) is 0 Å². The van der Waals surface area contributed by atoms with Gasteiger partial charge in [0.15, 0.2) is 0 Å². The van der Waals surface area contributed by atoms with Gasteiger partial charge in [0, 0.05) is 29.2 Å². The molecule has 2 aromatic carbocycles. The Balaban J connectivity index is 1.64. The molecule has 10 radical (unpaired) electrons. The number of hydrogen-bond donors (Lipinski definition) is 0. The highest BCUT2D eigenvalue weighted by molar-refractivity contribution is 7.11. The largest absolute Gasteiger partial charge is 0.133 e. The molecule has 0 atom stereocenters. The Kier molecular flexibility index (Phi) is 4.95. The molecule has 1 heteroatoms. The molecular weight excluding hydrogens is 388 g/mol. The van der Waals surface area contributed by atoms with Gasteiger partial charge in [-0.25, -0.2) is 0 Å². The first kappa shape index (κ1) is 19.3. The van der Waals surface area contributed by atoms with Crippen molar-refractivity contribution in [2.45, 2.75) is 0 Å². The van der Waals surface area contributed by atoms with Crippen LogP contribution < -0.4 is 10.4 Å². The van der Waals surface area contributed by atoms with Crippen LogP contribution in [-0.4, -0.2) is 8.07 Å². The summed E-state index contributed by atoms with van der Waals surface area (Å²) in [5, 5.41) is 2.85. The Bertz CT molecular complexity index is 949. The van der Waals surface area contributed by atoms with Crippen LogP contribution >= 0.6 is 0 Å². The first-order valence-corrected chi connectivity index (χ1v) is 12.8. The van der Waals surface area contributed by atoms with Gasteiger partial charge in [-0.3, -0.25) is 0 Å². The van der Waals surface area contributed by atoms with E-state index in [0.717, 1.165) is 0 Å². The van der Waals surface area contributed by atoms with E-state index in [4.69, 9.17) is 0 Å². The van der Waals surface area contributed by atoms with E-state index < -0.39 is 8.07 Å². The average Bonchev–Trinajstić information content (AvgIpc) is 3.49. The molecule has 6 rings (SSSR count). The summed E-state index contributed by atoms with van der Waals surface area (Å²) < 4.78 is 0. The molecule has 0 aliphatic heterocycles. The van der Waals surface area contributed by atoms with Gasteiger partial charge < -0.3 is 0 Å². The minimum absolute atomic E-state index is 1.35. The SMILES string of the molecule is [CH]1[CH][CH][C]([Si]([C]2[C]3C=CC=C[C]3[C]3C=CC=C[C]32)(c2ccccc2)c2ccccc2)[CH]1. The quantitative estimate of drug-likeness (QED) is 0.631. The highest BCUT2D eigenvalue weighted by Gasteiger charge is 2.62. The maximum absolute atomic E-state index is 2.52. The van der Waals surface area contributed by atoms with Crippen LogP contribution in [0.15, 0.2) is 109 Å². The van der Waals surface area contributed by atoms with E-state index in [2.05, 4.69) is 135 Å². The summed E-state index contributed by atoms with van der Waals surface area (Å²) in [6.07, 6.45) is 26.9. The summed E-state index contributed by atoms with van der Waals surface area (Å²) in [4.78, 5) is 0. The fraction of sp³-hybridized carbons (Fsp3) is 0. The van der Waals surface area contributed by atoms with Crippen LogP contribution in [0, 0.1) is 60.4 Å². The predicted molar refractivity (Wildman–Crippen MR) is 131 cm³/mol. The minimum atomic E-state index is -2.52. The van der Waals surface area contributed by atoms with E-state index in [9.17, 15) is 0 Å². The second-order valence-electron chi connectivity index (χ2n) is 8.12. The molecule has 2 aromatic rings. The summed E-state index contributed by atoms with van der Waals surface area (Å²) in [5.41, 5.74) is 2.94. The van der Waals surface area contributed by atoms with E-state index in [1.165, 1.54) is 45.1 Å². The van der Waals surface area contributed by atoms with Gasteiger partial charge in [0.1, 0.15) is 8.07 Å². The van der Waals surface area contributed by atoms with Crippen molar-refractivity contribution < 1.29 is 0 Å². The van der Waals surface area contributed by atoms with Crippen molar-refractivity contribution in [1.82, 2.24) is 0 Å². The van der Waals surface area contributed by atoms with E-state index in [1.54, 1.807) is 0 Å². The summed E-state index contributed by atoms with van der Waals surface area (Å²) in [5.74, 6) is 5.46. The van der Waals surface area contributed by atoms with Gasteiger partial charge >= 0.3 is 0 Å². The molecule has 2 saturated carbocycles. The predicted octanol–water partition coefficient (Wildman–Crippen LogP) is 4.87. The lowest BCUT2D eigenvalue weighted by Gasteiger charge is -2.46. The van der Waals surface area contributed by atoms with Crippen molar-refractivity contribution in [2.75, 3.05) is 0 Å². The summed E-state index contributed by atoms with van der Waals surface area (Å²) in [7, 11) is -2.52. The van der Waals surface area contributed by atoms with Crippen LogP contribution in [0.3, 0.4) is 0 Å². The third-order valence-corrected chi connectivity index (χ3v) is 11.5. The molecule has 31 heavy (non-hydrogen) atoms. The average molecular weight is 411 g/mol. The first-order chi connectivity index (χ1) is 15.4. The Morgan fingerprint density at radius 1 is 0.452 bits per heavy atom. The molecule has 0 nitrogen and oxygen atoms in total. The van der Waals surface area contributed by atoms with Crippen LogP contribution in [-0.2, 0) is 0 Å². The number of hydrogen-bond acceptors (Lipinski definition) is 0. The van der Waals surface area contributed by atoms with Crippen LogP contribution in [0.4, 0.5) is 0 Å². The van der Waals surface area contributed by atoms with Gasteiger partial charge in [-0.1, -0.05) is 120 Å². The lowest BCUT2D eigenvalue weighted by molar-refractivity contribution is 1.13. The smallest absolute Gasteiger partial charge is 0.0761 e. The van der Waals surface area contributed by atoms with Gasteiger partial charge in [0.25, 0.3) is 0 Å². The normalized spacial score (nSPS) is 23.0. The van der Waals surface area contributed by atoms with Crippen LogP contribution in [0.5, 0.6) is 0 Å². The van der Waals surface area contributed by atoms with Crippen molar-refractivity contribution in [2.24, 2.45) is 0 Å². The topological polar surface area (TPSA) is 0 Å². The lowest BCUT2D eigenvalue weighted by atomic mass is 9.83. The Labute approximate surface area is 188 Å². The molecule has 2 fully saturated rings. The summed E-state index contributed by atoms with van der Waals surface area (Å²) >= 11 is 0. The zero-order chi connectivity index (χ0) is 20.7. The molecule has 4 aliphatic rings. The molecule has 0 spiro atoms. The third-order valence-electron chi connectivity index (χ3n) is 6.57. The van der Waals surface area contributed by atoms with Crippen LogP contribution in [0.2, 0.25) is 0 Å². The van der Waals surface area contributed by atoms with Crippen LogP contribution in [0.1, 0.15) is 0 Å². The molecule has 0 amide bonds.